The molecule has 0 aromatic heterocycles. The van der Waals surface area contributed by atoms with Gasteiger partial charge in [0, 0.05) is 6.42 Å². The summed E-state index contributed by atoms with van der Waals surface area (Å²) in [6.07, 6.45) is 7.68. The van der Waals surface area contributed by atoms with Gasteiger partial charge in [-0.3, -0.25) is 9.59 Å². The third-order valence-corrected chi connectivity index (χ3v) is 4.90. The first-order valence-electron chi connectivity index (χ1n) is 10.8. The van der Waals surface area contributed by atoms with Crippen LogP contribution in [0, 0.1) is 0 Å². The molecule has 0 aliphatic carbocycles. The van der Waals surface area contributed by atoms with E-state index in [1.54, 1.807) is 0 Å². The Morgan fingerprint density at radius 3 is 1.71 bits per heavy atom. The van der Waals surface area contributed by atoms with Crippen molar-refractivity contribution in [1.82, 2.24) is 0 Å². The molecule has 4 atom stereocenters. The Bertz CT molecular complexity index is 389. The Balaban J connectivity index is 3.74. The average molecular weight is 405 g/mol. The number of carbonyl (C=O) groups is 2. The Hall–Kier alpha value is -1.02. The molecule has 0 unspecified atom stereocenters. The van der Waals surface area contributed by atoms with E-state index in [9.17, 15) is 24.9 Å². The van der Waals surface area contributed by atoms with E-state index < -0.39 is 37.0 Å². The molecule has 0 radical (unpaired) electrons. The van der Waals surface area contributed by atoms with Gasteiger partial charge >= 0.3 is 5.97 Å². The van der Waals surface area contributed by atoms with Crippen LogP contribution in [0.5, 0.6) is 0 Å². The van der Waals surface area contributed by atoms with E-state index in [0.29, 0.717) is 6.42 Å². The van der Waals surface area contributed by atoms with Gasteiger partial charge in [-0.1, -0.05) is 77.6 Å². The van der Waals surface area contributed by atoms with Crippen LogP contribution in [0.25, 0.3) is 0 Å². The molecule has 4 N–H and O–H groups in total. The fourth-order valence-corrected chi connectivity index (χ4v) is 3.03. The van der Waals surface area contributed by atoms with Crippen LogP contribution in [-0.4, -0.2) is 63.7 Å². The lowest BCUT2D eigenvalue weighted by atomic mass is 10.0. The number of unbranched alkanes of at least 4 members (excludes halogenated alkanes) is 11. The monoisotopic (exact) mass is 404 g/mol. The van der Waals surface area contributed by atoms with Gasteiger partial charge in [-0.25, -0.2) is 0 Å². The normalized spacial score (nSPS) is 15.6. The Labute approximate surface area is 169 Å². The average Bonchev–Trinajstić information content (AvgIpc) is 2.71. The maximum absolute atomic E-state index is 11.8. The van der Waals surface area contributed by atoms with Gasteiger partial charge in [0.2, 0.25) is 0 Å². The molecule has 0 rings (SSSR count). The molecule has 0 aromatic rings. The van der Waals surface area contributed by atoms with Crippen LogP contribution in [0.3, 0.4) is 0 Å². The van der Waals surface area contributed by atoms with Crippen molar-refractivity contribution >= 4 is 12.3 Å². The molecule has 0 aliphatic heterocycles. The van der Waals surface area contributed by atoms with Crippen molar-refractivity contribution in [2.24, 2.45) is 0 Å². The lowest BCUT2D eigenvalue weighted by molar-refractivity contribution is -0.168. The van der Waals surface area contributed by atoms with Gasteiger partial charge in [-0.15, -0.1) is 0 Å². The van der Waals surface area contributed by atoms with Crippen LogP contribution >= 0.6 is 0 Å². The maximum atomic E-state index is 11.8. The summed E-state index contributed by atoms with van der Waals surface area (Å²) in [6.45, 7) is 1.44. The van der Waals surface area contributed by atoms with Gasteiger partial charge in [-0.05, 0) is 6.42 Å². The van der Waals surface area contributed by atoms with Crippen molar-refractivity contribution in [2.75, 3.05) is 6.61 Å². The zero-order valence-electron chi connectivity index (χ0n) is 17.3. The van der Waals surface area contributed by atoms with E-state index in [4.69, 9.17) is 9.84 Å². The smallest absolute Gasteiger partial charge is 0.306 e. The first kappa shape index (κ1) is 27.0. The SMILES string of the molecule is CCCCCCCCCCCCCCC(=O)O[C@@H](C=O)[C@@H](O)[C@H](O)[C@H](O)CO. The molecule has 7 heteroatoms. The number of rotatable bonds is 19. The number of hydrogen-bond donors (Lipinski definition) is 4. The third-order valence-electron chi connectivity index (χ3n) is 4.90. The van der Waals surface area contributed by atoms with Crippen molar-refractivity contribution in [3.8, 4) is 0 Å². The van der Waals surface area contributed by atoms with E-state index in [0.717, 1.165) is 19.3 Å². The van der Waals surface area contributed by atoms with E-state index in [-0.39, 0.29) is 12.7 Å². The second kappa shape index (κ2) is 18.0. The Morgan fingerprint density at radius 2 is 1.29 bits per heavy atom. The minimum Gasteiger partial charge on any atom is -0.452 e. The summed E-state index contributed by atoms with van der Waals surface area (Å²) >= 11 is 0. The fourth-order valence-electron chi connectivity index (χ4n) is 3.03. The van der Waals surface area contributed by atoms with Crippen LogP contribution < -0.4 is 0 Å². The predicted molar refractivity (Wildman–Crippen MR) is 107 cm³/mol. The molecule has 7 nitrogen and oxygen atoms in total. The third kappa shape index (κ3) is 13.2. The summed E-state index contributed by atoms with van der Waals surface area (Å²) < 4.78 is 4.87. The highest BCUT2D eigenvalue weighted by atomic mass is 16.6. The molecule has 0 fully saturated rings. The highest BCUT2D eigenvalue weighted by Gasteiger charge is 2.33. The molecular formula is C21H40O7. The van der Waals surface area contributed by atoms with Crippen molar-refractivity contribution < 1.29 is 34.8 Å². The van der Waals surface area contributed by atoms with Gasteiger partial charge in [0.25, 0.3) is 0 Å². The number of hydrogen-bond acceptors (Lipinski definition) is 7. The van der Waals surface area contributed by atoms with Gasteiger partial charge in [0.05, 0.1) is 6.61 Å². The lowest BCUT2D eigenvalue weighted by Gasteiger charge is -2.25. The van der Waals surface area contributed by atoms with Crippen molar-refractivity contribution in [3.05, 3.63) is 0 Å². The first-order chi connectivity index (χ1) is 13.5. The first-order valence-corrected chi connectivity index (χ1v) is 10.8. The van der Waals surface area contributed by atoms with Gasteiger partial charge in [0.15, 0.2) is 12.4 Å². The molecule has 28 heavy (non-hydrogen) atoms. The summed E-state index contributed by atoms with van der Waals surface area (Å²) in [4.78, 5) is 22.8. The molecule has 0 amide bonds. The summed E-state index contributed by atoms with van der Waals surface area (Å²) in [5, 5.41) is 37.4. The standard InChI is InChI=1S/C21H40O7/c1-2-3-4-5-6-7-8-9-10-11-12-13-14-19(25)28-18(16-23)21(27)20(26)17(24)15-22/h16-18,20-22,24,26-27H,2-15H2,1H3/t17-,18+,20-,21-/m1/s1. The highest BCUT2D eigenvalue weighted by Crippen LogP contribution is 2.13. The second-order valence-electron chi connectivity index (χ2n) is 7.46. The molecule has 0 spiro atoms. The summed E-state index contributed by atoms with van der Waals surface area (Å²) in [7, 11) is 0. The largest absolute Gasteiger partial charge is 0.452 e. The number of aliphatic hydroxyl groups excluding tert-OH is 4. The van der Waals surface area contributed by atoms with Gasteiger partial charge in [0.1, 0.15) is 18.3 Å². The number of carbonyl (C=O) groups excluding carboxylic acids is 2. The minimum absolute atomic E-state index is 0.132. The van der Waals surface area contributed by atoms with Crippen molar-refractivity contribution in [2.45, 2.75) is 115 Å². The topological polar surface area (TPSA) is 124 Å². The van der Waals surface area contributed by atoms with E-state index >= 15 is 0 Å². The molecule has 0 heterocycles. The number of ether oxygens (including phenoxy) is 1. The molecular weight excluding hydrogens is 364 g/mol. The van der Waals surface area contributed by atoms with Crippen molar-refractivity contribution in [1.29, 1.82) is 0 Å². The fraction of sp³-hybridized carbons (Fsp3) is 0.905. The summed E-state index contributed by atoms with van der Waals surface area (Å²) in [5.74, 6) is -0.631. The second-order valence-corrected chi connectivity index (χ2v) is 7.46. The molecule has 0 saturated heterocycles. The van der Waals surface area contributed by atoms with Crippen molar-refractivity contribution in [3.63, 3.8) is 0 Å². The van der Waals surface area contributed by atoms with Crippen LogP contribution in [-0.2, 0) is 14.3 Å². The summed E-state index contributed by atoms with van der Waals surface area (Å²) in [5.41, 5.74) is 0. The van der Waals surface area contributed by atoms with Crippen LogP contribution in [0.2, 0.25) is 0 Å². The lowest BCUT2D eigenvalue weighted by Crippen LogP contribution is -2.48. The quantitative estimate of drug-likeness (QED) is 0.148. The van der Waals surface area contributed by atoms with E-state index in [2.05, 4.69) is 6.92 Å². The maximum Gasteiger partial charge on any atom is 0.306 e. The molecule has 0 aliphatic rings. The van der Waals surface area contributed by atoms with Gasteiger partial charge < -0.3 is 25.2 Å². The molecule has 166 valence electrons. The van der Waals surface area contributed by atoms with E-state index in [1.165, 1.54) is 51.4 Å². The molecule has 0 bridgehead atoms. The number of aldehydes is 1. The number of aliphatic hydroxyl groups is 4. The van der Waals surface area contributed by atoms with Gasteiger partial charge in [-0.2, -0.15) is 0 Å². The van der Waals surface area contributed by atoms with Crippen LogP contribution in [0.15, 0.2) is 0 Å². The minimum atomic E-state index is -1.79. The molecule has 0 aromatic carbocycles. The number of esters is 1. The van der Waals surface area contributed by atoms with E-state index in [1.807, 2.05) is 0 Å². The highest BCUT2D eigenvalue weighted by molar-refractivity contribution is 5.72. The zero-order valence-corrected chi connectivity index (χ0v) is 17.3. The predicted octanol–water partition coefficient (Wildman–Crippen LogP) is 2.26. The Kier molecular flexibility index (Phi) is 17.4. The summed E-state index contributed by atoms with van der Waals surface area (Å²) in [6, 6.07) is 0. The van der Waals surface area contributed by atoms with Crippen LogP contribution in [0.1, 0.15) is 90.4 Å². The van der Waals surface area contributed by atoms with Crippen LogP contribution in [0.4, 0.5) is 0 Å². The zero-order chi connectivity index (χ0) is 21.2. The Morgan fingerprint density at radius 1 is 0.821 bits per heavy atom. The molecule has 0 saturated carbocycles.